The van der Waals surface area contributed by atoms with Crippen molar-refractivity contribution < 1.29 is 4.79 Å². The van der Waals surface area contributed by atoms with Crippen molar-refractivity contribution in [2.75, 3.05) is 45.6 Å². The Kier molecular flexibility index (Phi) is 6.40. The summed E-state index contributed by atoms with van der Waals surface area (Å²) in [5.74, 6) is 0.155. The van der Waals surface area contributed by atoms with Gasteiger partial charge in [0.2, 0.25) is 5.91 Å². The van der Waals surface area contributed by atoms with Gasteiger partial charge in [0.05, 0.1) is 11.6 Å². The summed E-state index contributed by atoms with van der Waals surface area (Å²) >= 11 is 1.50. The fourth-order valence-electron chi connectivity index (χ4n) is 3.34. The molecule has 5 nitrogen and oxygen atoms in total. The molecule has 26 heavy (non-hydrogen) atoms. The molecule has 1 aliphatic heterocycles. The minimum Gasteiger partial charge on any atom is -0.308 e. The number of piperidine rings is 1. The predicted octanol–water partition coefficient (Wildman–Crippen LogP) is 3.33. The van der Waals surface area contributed by atoms with Crippen LogP contribution in [0.2, 0.25) is 0 Å². The minimum absolute atomic E-state index is 0.0525. The quantitative estimate of drug-likeness (QED) is 0.845. The fraction of sp³-hybridized carbons (Fsp3) is 0.500. The summed E-state index contributed by atoms with van der Waals surface area (Å²) < 4.78 is 0. The van der Waals surface area contributed by atoms with E-state index in [1.54, 1.807) is 0 Å². The Morgan fingerprint density at radius 1 is 1.38 bits per heavy atom. The molecule has 1 atom stereocenters. The molecule has 1 unspecified atom stereocenters. The van der Waals surface area contributed by atoms with E-state index < -0.39 is 0 Å². The van der Waals surface area contributed by atoms with Crippen LogP contribution in [0.4, 0.5) is 5.13 Å². The lowest BCUT2D eigenvalue weighted by molar-refractivity contribution is -0.121. The second-order valence-electron chi connectivity index (χ2n) is 7.29. The van der Waals surface area contributed by atoms with Crippen LogP contribution in [0, 0.1) is 12.8 Å². The molecule has 1 aromatic carbocycles. The van der Waals surface area contributed by atoms with Crippen LogP contribution in [-0.4, -0.2) is 61.0 Å². The SMILES string of the molecule is Cc1ccccc1-c1csc(NC(=O)C2CCCN(CCN(C)C)C2)n1. The van der Waals surface area contributed by atoms with Gasteiger partial charge in [-0.3, -0.25) is 4.79 Å². The number of nitrogens with one attached hydrogen (secondary N) is 1. The summed E-state index contributed by atoms with van der Waals surface area (Å²) in [6, 6.07) is 8.19. The molecule has 0 saturated carbocycles. The normalized spacial score (nSPS) is 18.2. The van der Waals surface area contributed by atoms with Gasteiger partial charge < -0.3 is 15.1 Å². The highest BCUT2D eigenvalue weighted by atomic mass is 32.1. The Balaban J connectivity index is 1.59. The highest BCUT2D eigenvalue weighted by molar-refractivity contribution is 7.14. The topological polar surface area (TPSA) is 48.5 Å². The maximum atomic E-state index is 12.7. The van der Waals surface area contributed by atoms with Crippen molar-refractivity contribution in [3.8, 4) is 11.3 Å². The second kappa shape index (κ2) is 8.75. The van der Waals surface area contributed by atoms with E-state index in [1.807, 2.05) is 17.5 Å². The number of anilines is 1. The first-order chi connectivity index (χ1) is 12.5. The van der Waals surface area contributed by atoms with Crippen LogP contribution in [0.25, 0.3) is 11.3 Å². The second-order valence-corrected chi connectivity index (χ2v) is 8.14. The Bertz CT molecular complexity index is 743. The zero-order valence-corrected chi connectivity index (χ0v) is 16.7. The van der Waals surface area contributed by atoms with Crippen LogP contribution in [0.5, 0.6) is 0 Å². The average molecular weight is 373 g/mol. The van der Waals surface area contributed by atoms with E-state index in [2.05, 4.69) is 53.3 Å². The Labute approximate surface area is 160 Å². The molecule has 0 bridgehead atoms. The summed E-state index contributed by atoms with van der Waals surface area (Å²) in [6.07, 6.45) is 2.04. The molecule has 3 rings (SSSR count). The van der Waals surface area contributed by atoms with Gasteiger partial charge in [-0.15, -0.1) is 11.3 Å². The Hall–Kier alpha value is -1.76. The number of rotatable bonds is 6. The van der Waals surface area contributed by atoms with Crippen LogP contribution < -0.4 is 5.32 Å². The number of likely N-dealkylation sites (N-methyl/N-ethyl adjacent to an activating group) is 1. The van der Waals surface area contributed by atoms with E-state index in [0.717, 1.165) is 50.3 Å². The van der Waals surface area contributed by atoms with Crippen LogP contribution in [0.1, 0.15) is 18.4 Å². The molecule has 1 fully saturated rings. The highest BCUT2D eigenvalue weighted by Gasteiger charge is 2.26. The zero-order chi connectivity index (χ0) is 18.5. The fourth-order valence-corrected chi connectivity index (χ4v) is 4.05. The smallest absolute Gasteiger partial charge is 0.230 e. The van der Waals surface area contributed by atoms with Gasteiger partial charge in [-0.25, -0.2) is 4.98 Å². The number of benzene rings is 1. The summed E-state index contributed by atoms with van der Waals surface area (Å²) in [4.78, 5) is 21.9. The third kappa shape index (κ3) is 4.90. The van der Waals surface area contributed by atoms with Crippen LogP contribution >= 0.6 is 11.3 Å². The van der Waals surface area contributed by atoms with Crippen molar-refractivity contribution in [1.29, 1.82) is 0 Å². The molecule has 1 saturated heterocycles. The predicted molar refractivity (Wildman–Crippen MR) is 109 cm³/mol. The minimum atomic E-state index is 0.0525. The summed E-state index contributed by atoms with van der Waals surface area (Å²) in [7, 11) is 4.17. The third-order valence-electron chi connectivity index (χ3n) is 4.90. The lowest BCUT2D eigenvalue weighted by atomic mass is 9.97. The van der Waals surface area contributed by atoms with Gasteiger partial charge in [-0.2, -0.15) is 0 Å². The number of aryl methyl sites for hydroxylation is 1. The molecule has 0 aliphatic carbocycles. The number of aromatic nitrogens is 1. The maximum Gasteiger partial charge on any atom is 0.230 e. The maximum absolute atomic E-state index is 12.7. The van der Waals surface area contributed by atoms with Gasteiger partial charge in [0.25, 0.3) is 0 Å². The first-order valence-electron chi connectivity index (χ1n) is 9.22. The van der Waals surface area contributed by atoms with Crippen molar-refractivity contribution in [3.05, 3.63) is 35.2 Å². The van der Waals surface area contributed by atoms with E-state index >= 15 is 0 Å². The van der Waals surface area contributed by atoms with Crippen LogP contribution in [-0.2, 0) is 4.79 Å². The van der Waals surface area contributed by atoms with Crippen molar-refractivity contribution in [3.63, 3.8) is 0 Å². The molecule has 2 aromatic rings. The number of carbonyl (C=O) groups excluding carboxylic acids is 1. The Morgan fingerprint density at radius 3 is 2.96 bits per heavy atom. The third-order valence-corrected chi connectivity index (χ3v) is 5.65. The lowest BCUT2D eigenvalue weighted by Crippen LogP contribution is -2.43. The molecule has 0 spiro atoms. The lowest BCUT2D eigenvalue weighted by Gasteiger charge is -2.32. The zero-order valence-electron chi connectivity index (χ0n) is 15.9. The molecular formula is C20H28N4OS. The van der Waals surface area contributed by atoms with E-state index in [-0.39, 0.29) is 11.8 Å². The van der Waals surface area contributed by atoms with Crippen LogP contribution in [0.3, 0.4) is 0 Å². The van der Waals surface area contributed by atoms with E-state index in [1.165, 1.54) is 16.9 Å². The molecule has 1 aromatic heterocycles. The first-order valence-corrected chi connectivity index (χ1v) is 10.1. The Morgan fingerprint density at radius 2 is 2.19 bits per heavy atom. The van der Waals surface area contributed by atoms with Gasteiger partial charge in [0.15, 0.2) is 5.13 Å². The largest absolute Gasteiger partial charge is 0.308 e. The van der Waals surface area contributed by atoms with Crippen molar-refractivity contribution in [2.45, 2.75) is 19.8 Å². The highest BCUT2D eigenvalue weighted by Crippen LogP contribution is 2.28. The molecule has 1 amide bonds. The molecule has 2 heterocycles. The number of amides is 1. The van der Waals surface area contributed by atoms with Gasteiger partial charge in [0.1, 0.15) is 0 Å². The molecule has 1 N–H and O–H groups in total. The van der Waals surface area contributed by atoms with Crippen molar-refractivity contribution in [1.82, 2.24) is 14.8 Å². The van der Waals surface area contributed by atoms with E-state index in [0.29, 0.717) is 5.13 Å². The average Bonchev–Trinajstić information content (AvgIpc) is 3.09. The summed E-state index contributed by atoms with van der Waals surface area (Å²) in [5.41, 5.74) is 3.25. The number of nitrogens with zero attached hydrogens (tertiary/aromatic N) is 3. The molecular weight excluding hydrogens is 344 g/mol. The number of likely N-dealkylation sites (tertiary alicyclic amines) is 1. The van der Waals surface area contributed by atoms with E-state index in [4.69, 9.17) is 0 Å². The van der Waals surface area contributed by atoms with Gasteiger partial charge in [0, 0.05) is 30.6 Å². The van der Waals surface area contributed by atoms with Gasteiger partial charge in [-0.1, -0.05) is 24.3 Å². The first kappa shape index (κ1) is 19.0. The molecule has 6 heteroatoms. The summed E-state index contributed by atoms with van der Waals surface area (Å²) in [6.45, 7) is 6.06. The number of thiazole rings is 1. The standard InChI is InChI=1S/C20H28N4OS/c1-15-7-4-5-9-17(15)18-14-26-20(21-18)22-19(25)16-8-6-10-24(13-16)12-11-23(2)3/h4-5,7,9,14,16H,6,8,10-13H2,1-3H3,(H,21,22,25). The summed E-state index contributed by atoms with van der Waals surface area (Å²) in [5, 5.41) is 5.75. The number of hydrogen-bond acceptors (Lipinski definition) is 5. The van der Waals surface area contributed by atoms with Gasteiger partial charge >= 0.3 is 0 Å². The van der Waals surface area contributed by atoms with Crippen molar-refractivity contribution in [2.24, 2.45) is 5.92 Å². The van der Waals surface area contributed by atoms with Crippen molar-refractivity contribution >= 4 is 22.4 Å². The molecule has 1 aliphatic rings. The number of carbonyl (C=O) groups is 1. The van der Waals surface area contributed by atoms with Gasteiger partial charge in [-0.05, 0) is 46.0 Å². The molecule has 140 valence electrons. The van der Waals surface area contributed by atoms with Crippen LogP contribution in [0.15, 0.2) is 29.6 Å². The molecule has 0 radical (unpaired) electrons. The number of hydrogen-bond donors (Lipinski definition) is 1. The van der Waals surface area contributed by atoms with E-state index in [9.17, 15) is 4.79 Å². The monoisotopic (exact) mass is 372 g/mol.